The van der Waals surface area contributed by atoms with Crippen molar-refractivity contribution in [3.8, 4) is 0 Å². The Kier molecular flexibility index (Phi) is 3.05. The van der Waals surface area contributed by atoms with Gasteiger partial charge in [-0.2, -0.15) is 0 Å². The van der Waals surface area contributed by atoms with Gasteiger partial charge in [0.25, 0.3) is 0 Å². The van der Waals surface area contributed by atoms with Gasteiger partial charge in [-0.05, 0) is 18.6 Å². The molecule has 5 nitrogen and oxygen atoms in total. The van der Waals surface area contributed by atoms with Crippen LogP contribution in [0.15, 0.2) is 18.3 Å². The normalized spacial score (nSPS) is 20.8. The molecule has 86 valence electrons. The first-order chi connectivity index (χ1) is 7.66. The molecule has 1 fully saturated rings. The summed E-state index contributed by atoms with van der Waals surface area (Å²) in [6.45, 7) is 3.16. The molecule has 1 aromatic heterocycles. The summed E-state index contributed by atoms with van der Waals surface area (Å²) in [5.41, 5.74) is 1.87. The van der Waals surface area contributed by atoms with Crippen molar-refractivity contribution in [3.05, 3.63) is 29.6 Å². The van der Waals surface area contributed by atoms with Gasteiger partial charge in [0.05, 0.1) is 18.8 Å². The summed E-state index contributed by atoms with van der Waals surface area (Å²) in [5.74, 6) is 0. The van der Waals surface area contributed by atoms with E-state index in [1.54, 1.807) is 6.20 Å². The van der Waals surface area contributed by atoms with Gasteiger partial charge in [0.2, 0.25) is 0 Å². The zero-order valence-corrected chi connectivity index (χ0v) is 9.09. The van der Waals surface area contributed by atoms with Crippen LogP contribution in [0.2, 0.25) is 0 Å². The summed E-state index contributed by atoms with van der Waals surface area (Å²) in [5, 5.41) is 8.90. The van der Waals surface area contributed by atoms with Gasteiger partial charge >= 0.3 is 6.09 Å². The molecule has 1 aromatic rings. The Hall–Kier alpha value is -1.62. The molecule has 1 saturated heterocycles. The molecule has 0 unspecified atom stereocenters. The Balaban J connectivity index is 2.09. The number of morpholine rings is 1. The van der Waals surface area contributed by atoms with Crippen LogP contribution < -0.4 is 0 Å². The van der Waals surface area contributed by atoms with Gasteiger partial charge in [0.1, 0.15) is 6.10 Å². The molecule has 2 heterocycles. The van der Waals surface area contributed by atoms with Crippen molar-refractivity contribution in [2.75, 3.05) is 19.7 Å². The van der Waals surface area contributed by atoms with E-state index in [9.17, 15) is 4.79 Å². The second-order valence-corrected chi connectivity index (χ2v) is 3.85. The number of aromatic nitrogens is 1. The Morgan fingerprint density at radius 1 is 1.62 bits per heavy atom. The van der Waals surface area contributed by atoms with E-state index in [0.717, 1.165) is 11.3 Å². The van der Waals surface area contributed by atoms with Crippen LogP contribution in [0.3, 0.4) is 0 Å². The van der Waals surface area contributed by atoms with Crippen LogP contribution in [-0.2, 0) is 4.74 Å². The number of carbonyl (C=O) groups is 1. The van der Waals surface area contributed by atoms with Crippen molar-refractivity contribution < 1.29 is 14.6 Å². The predicted octanol–water partition coefficient (Wildman–Crippen LogP) is 1.44. The average Bonchev–Trinajstić information content (AvgIpc) is 2.30. The minimum Gasteiger partial charge on any atom is -0.465 e. The second kappa shape index (κ2) is 4.49. The largest absolute Gasteiger partial charge is 0.465 e. The highest BCUT2D eigenvalue weighted by molar-refractivity contribution is 5.65. The predicted molar refractivity (Wildman–Crippen MR) is 57.3 cm³/mol. The lowest BCUT2D eigenvalue weighted by atomic mass is 10.1. The highest BCUT2D eigenvalue weighted by Crippen LogP contribution is 2.20. The maximum absolute atomic E-state index is 10.8. The molecule has 0 bridgehead atoms. The number of pyridine rings is 1. The van der Waals surface area contributed by atoms with Crippen molar-refractivity contribution in [2.45, 2.75) is 13.0 Å². The zero-order valence-electron chi connectivity index (χ0n) is 9.09. The molecule has 0 aliphatic carbocycles. The molecule has 1 atom stereocenters. The Morgan fingerprint density at radius 2 is 2.44 bits per heavy atom. The number of ether oxygens (including phenoxy) is 1. The van der Waals surface area contributed by atoms with Crippen molar-refractivity contribution in [2.24, 2.45) is 0 Å². The van der Waals surface area contributed by atoms with E-state index < -0.39 is 6.09 Å². The minimum atomic E-state index is -0.902. The number of carboxylic acid groups (broad SMARTS) is 1. The molecule has 2 rings (SSSR count). The summed E-state index contributed by atoms with van der Waals surface area (Å²) >= 11 is 0. The fraction of sp³-hybridized carbons (Fsp3) is 0.455. The number of aryl methyl sites for hydroxylation is 1. The van der Waals surface area contributed by atoms with Gasteiger partial charge in [0.15, 0.2) is 0 Å². The third-order valence-corrected chi connectivity index (χ3v) is 2.60. The lowest BCUT2D eigenvalue weighted by Gasteiger charge is -2.30. The topological polar surface area (TPSA) is 62.7 Å². The van der Waals surface area contributed by atoms with Crippen LogP contribution >= 0.6 is 0 Å². The molecule has 5 heteroatoms. The van der Waals surface area contributed by atoms with Crippen molar-refractivity contribution >= 4 is 6.09 Å². The Morgan fingerprint density at radius 3 is 3.06 bits per heavy atom. The molecular weight excluding hydrogens is 208 g/mol. The molecule has 1 N–H and O–H groups in total. The summed E-state index contributed by atoms with van der Waals surface area (Å²) < 4.78 is 5.52. The molecule has 0 radical (unpaired) electrons. The first kappa shape index (κ1) is 10.9. The van der Waals surface area contributed by atoms with Gasteiger partial charge in [-0.1, -0.05) is 6.07 Å². The molecule has 1 aliphatic rings. The molecular formula is C11H14N2O3. The second-order valence-electron chi connectivity index (χ2n) is 3.85. The highest BCUT2D eigenvalue weighted by atomic mass is 16.5. The van der Waals surface area contributed by atoms with Crippen molar-refractivity contribution in [1.82, 2.24) is 9.88 Å². The third kappa shape index (κ3) is 2.30. The molecule has 1 aliphatic heterocycles. The SMILES string of the molecule is Cc1ccc([C@@H]2CN(C(=O)O)CCO2)nc1. The van der Waals surface area contributed by atoms with Crippen molar-refractivity contribution in [3.63, 3.8) is 0 Å². The van der Waals surface area contributed by atoms with Crippen LogP contribution in [0, 0.1) is 6.92 Å². The quantitative estimate of drug-likeness (QED) is 0.781. The van der Waals surface area contributed by atoms with Gasteiger partial charge in [0, 0.05) is 12.7 Å². The molecule has 16 heavy (non-hydrogen) atoms. The number of amides is 1. The maximum Gasteiger partial charge on any atom is 0.407 e. The van der Waals surface area contributed by atoms with E-state index in [1.165, 1.54) is 4.90 Å². The van der Waals surface area contributed by atoms with E-state index in [4.69, 9.17) is 9.84 Å². The number of nitrogens with zero attached hydrogens (tertiary/aromatic N) is 2. The molecule has 1 amide bonds. The number of rotatable bonds is 1. The Labute approximate surface area is 93.7 Å². The first-order valence-electron chi connectivity index (χ1n) is 5.19. The van der Waals surface area contributed by atoms with Crippen LogP contribution in [0.4, 0.5) is 4.79 Å². The van der Waals surface area contributed by atoms with Gasteiger partial charge in [-0.25, -0.2) is 4.79 Å². The average molecular weight is 222 g/mol. The third-order valence-electron chi connectivity index (χ3n) is 2.60. The maximum atomic E-state index is 10.8. The highest BCUT2D eigenvalue weighted by Gasteiger charge is 2.25. The Bertz CT molecular complexity index is 377. The lowest BCUT2D eigenvalue weighted by molar-refractivity contribution is -0.0252. The molecule has 0 aromatic carbocycles. The first-order valence-corrected chi connectivity index (χ1v) is 5.19. The van der Waals surface area contributed by atoms with E-state index in [0.29, 0.717) is 19.7 Å². The lowest BCUT2D eigenvalue weighted by Crippen LogP contribution is -2.41. The molecule has 0 spiro atoms. The van der Waals surface area contributed by atoms with Crippen LogP contribution in [0.1, 0.15) is 17.4 Å². The van der Waals surface area contributed by atoms with E-state index in [2.05, 4.69) is 4.98 Å². The molecule has 0 saturated carbocycles. The van der Waals surface area contributed by atoms with Crippen LogP contribution in [0.25, 0.3) is 0 Å². The van der Waals surface area contributed by atoms with E-state index >= 15 is 0 Å². The minimum absolute atomic E-state index is 0.245. The summed E-state index contributed by atoms with van der Waals surface area (Å²) in [7, 11) is 0. The fourth-order valence-electron chi connectivity index (χ4n) is 1.67. The monoisotopic (exact) mass is 222 g/mol. The van der Waals surface area contributed by atoms with E-state index in [1.807, 2.05) is 19.1 Å². The number of hydrogen-bond donors (Lipinski definition) is 1. The van der Waals surface area contributed by atoms with Crippen LogP contribution in [0.5, 0.6) is 0 Å². The van der Waals surface area contributed by atoms with Gasteiger partial charge < -0.3 is 14.7 Å². The van der Waals surface area contributed by atoms with Crippen LogP contribution in [-0.4, -0.2) is 40.8 Å². The summed E-state index contributed by atoms with van der Waals surface area (Å²) in [4.78, 5) is 16.4. The standard InChI is InChI=1S/C11H14N2O3/c1-8-2-3-9(12-6-8)10-7-13(11(14)15)4-5-16-10/h2-3,6,10H,4-5,7H2,1H3,(H,14,15)/t10-/m0/s1. The van der Waals surface area contributed by atoms with Crippen molar-refractivity contribution in [1.29, 1.82) is 0 Å². The summed E-state index contributed by atoms with van der Waals surface area (Å²) in [6.07, 6.45) is 0.615. The van der Waals surface area contributed by atoms with Gasteiger partial charge in [-0.3, -0.25) is 4.98 Å². The summed E-state index contributed by atoms with van der Waals surface area (Å²) in [6, 6.07) is 3.83. The van der Waals surface area contributed by atoms with Gasteiger partial charge in [-0.15, -0.1) is 0 Å². The zero-order chi connectivity index (χ0) is 11.5. The smallest absolute Gasteiger partial charge is 0.407 e. The fourth-order valence-corrected chi connectivity index (χ4v) is 1.67. The van der Waals surface area contributed by atoms with E-state index in [-0.39, 0.29) is 6.10 Å². The number of hydrogen-bond acceptors (Lipinski definition) is 3.